The van der Waals surface area contributed by atoms with Crippen molar-refractivity contribution in [2.75, 3.05) is 0 Å². The lowest BCUT2D eigenvalue weighted by molar-refractivity contribution is 0.570. The molecule has 3 heterocycles. The topological polar surface area (TPSA) is 30.2 Å². The van der Waals surface area contributed by atoms with Gasteiger partial charge in [0.25, 0.3) is 0 Å². The van der Waals surface area contributed by atoms with Gasteiger partial charge in [-0.3, -0.25) is 9.38 Å². The summed E-state index contributed by atoms with van der Waals surface area (Å²) in [6, 6.07) is 17.5. The van der Waals surface area contributed by atoms with E-state index in [2.05, 4.69) is 94.5 Å². The van der Waals surface area contributed by atoms with Crippen LogP contribution in [0.4, 0.5) is 0 Å². The molecule has 2 aromatic carbocycles. The summed E-state index contributed by atoms with van der Waals surface area (Å²) in [7, 11) is 0. The first-order valence-electron chi connectivity index (χ1n) is 10.5. The van der Waals surface area contributed by atoms with Crippen molar-refractivity contribution in [2.45, 2.75) is 47.0 Å². The standard InChI is InChI=1S/C27H27N3/c1-16-11-17(2)25(18(3)12-16)23-13-19-14-24(27(4,5)6)28-15-20(19)26-29-21-9-7-8-10-22(21)30(23)26/h7-15H,1-6H3. The lowest BCUT2D eigenvalue weighted by Crippen LogP contribution is -2.13. The largest absolute Gasteiger partial charge is 0.292 e. The predicted molar refractivity (Wildman–Crippen MR) is 126 cm³/mol. The van der Waals surface area contributed by atoms with E-state index in [1.54, 1.807) is 0 Å². The summed E-state index contributed by atoms with van der Waals surface area (Å²) in [6.07, 6.45) is 2.00. The van der Waals surface area contributed by atoms with E-state index in [1.165, 1.54) is 33.3 Å². The van der Waals surface area contributed by atoms with E-state index < -0.39 is 0 Å². The van der Waals surface area contributed by atoms with Gasteiger partial charge in [-0.1, -0.05) is 50.6 Å². The Balaban J connectivity index is 1.99. The summed E-state index contributed by atoms with van der Waals surface area (Å²) in [5.41, 5.74) is 10.5. The summed E-state index contributed by atoms with van der Waals surface area (Å²) in [5.74, 6) is 0. The van der Waals surface area contributed by atoms with Crippen LogP contribution in [0.3, 0.4) is 0 Å². The van der Waals surface area contributed by atoms with Gasteiger partial charge in [0, 0.05) is 28.3 Å². The predicted octanol–water partition coefficient (Wildman–Crippen LogP) is 6.93. The van der Waals surface area contributed by atoms with Crippen molar-refractivity contribution in [1.82, 2.24) is 14.4 Å². The molecule has 0 atom stereocenters. The Bertz CT molecular complexity index is 1430. The number of para-hydroxylation sites is 2. The Morgan fingerprint density at radius 2 is 1.57 bits per heavy atom. The van der Waals surface area contributed by atoms with Gasteiger partial charge in [-0.05, 0) is 61.5 Å². The number of aryl methyl sites for hydroxylation is 3. The number of hydrogen-bond acceptors (Lipinski definition) is 2. The first kappa shape index (κ1) is 18.8. The molecule has 3 aromatic heterocycles. The molecule has 0 aliphatic carbocycles. The van der Waals surface area contributed by atoms with Crippen molar-refractivity contribution in [2.24, 2.45) is 0 Å². The second-order valence-corrected chi connectivity index (χ2v) is 9.47. The molecule has 0 aliphatic heterocycles. The molecule has 0 saturated heterocycles. The van der Waals surface area contributed by atoms with Gasteiger partial charge in [0.1, 0.15) is 5.65 Å². The van der Waals surface area contributed by atoms with Crippen LogP contribution in [0.2, 0.25) is 0 Å². The molecule has 0 saturated carbocycles. The molecule has 5 aromatic rings. The van der Waals surface area contributed by atoms with Gasteiger partial charge in [0.2, 0.25) is 0 Å². The van der Waals surface area contributed by atoms with Crippen molar-refractivity contribution in [3.05, 3.63) is 77.1 Å². The number of benzene rings is 2. The highest BCUT2D eigenvalue weighted by molar-refractivity contribution is 6.01. The third-order valence-corrected chi connectivity index (χ3v) is 5.97. The van der Waals surface area contributed by atoms with E-state index in [0.717, 1.165) is 27.8 Å². The molecule has 0 bridgehead atoms. The van der Waals surface area contributed by atoms with E-state index in [1.807, 2.05) is 6.20 Å². The van der Waals surface area contributed by atoms with Crippen LogP contribution in [0.25, 0.3) is 38.7 Å². The molecular weight excluding hydrogens is 366 g/mol. The molecule has 0 unspecified atom stereocenters. The quantitative estimate of drug-likeness (QED) is 0.309. The lowest BCUT2D eigenvalue weighted by Gasteiger charge is -2.19. The Labute approximate surface area is 177 Å². The fraction of sp³-hybridized carbons (Fsp3) is 0.259. The van der Waals surface area contributed by atoms with Gasteiger partial charge >= 0.3 is 0 Å². The number of pyridine rings is 2. The minimum Gasteiger partial charge on any atom is -0.292 e. The Morgan fingerprint density at radius 1 is 0.867 bits per heavy atom. The minimum atomic E-state index is -0.00366. The number of aromatic nitrogens is 3. The van der Waals surface area contributed by atoms with E-state index >= 15 is 0 Å². The van der Waals surface area contributed by atoms with Gasteiger partial charge < -0.3 is 0 Å². The highest BCUT2D eigenvalue weighted by atomic mass is 15.0. The number of fused-ring (bicyclic) bond motifs is 5. The second kappa shape index (κ2) is 6.40. The van der Waals surface area contributed by atoms with Crippen LogP contribution in [0, 0.1) is 20.8 Å². The Hall–Kier alpha value is -3.20. The van der Waals surface area contributed by atoms with E-state index in [4.69, 9.17) is 9.97 Å². The van der Waals surface area contributed by atoms with Crippen molar-refractivity contribution < 1.29 is 0 Å². The number of nitrogens with zero attached hydrogens (tertiary/aromatic N) is 3. The molecule has 0 N–H and O–H groups in total. The van der Waals surface area contributed by atoms with Crippen molar-refractivity contribution in [3.63, 3.8) is 0 Å². The molecule has 0 radical (unpaired) electrons. The van der Waals surface area contributed by atoms with E-state index in [-0.39, 0.29) is 5.41 Å². The number of rotatable bonds is 1. The molecule has 0 aliphatic rings. The summed E-state index contributed by atoms with van der Waals surface area (Å²) >= 11 is 0. The summed E-state index contributed by atoms with van der Waals surface area (Å²) < 4.78 is 2.31. The molecule has 3 nitrogen and oxygen atoms in total. The lowest BCUT2D eigenvalue weighted by atomic mass is 9.90. The van der Waals surface area contributed by atoms with Crippen LogP contribution in [0.15, 0.2) is 54.7 Å². The van der Waals surface area contributed by atoms with Crippen molar-refractivity contribution in [1.29, 1.82) is 0 Å². The highest BCUT2D eigenvalue weighted by Crippen LogP contribution is 2.36. The smallest absolute Gasteiger partial charge is 0.147 e. The zero-order chi connectivity index (χ0) is 21.2. The first-order valence-corrected chi connectivity index (χ1v) is 10.5. The van der Waals surface area contributed by atoms with E-state index in [0.29, 0.717) is 0 Å². The van der Waals surface area contributed by atoms with Gasteiger partial charge in [-0.2, -0.15) is 0 Å². The van der Waals surface area contributed by atoms with Gasteiger partial charge in [-0.25, -0.2) is 4.98 Å². The fourth-order valence-corrected chi connectivity index (χ4v) is 4.62. The van der Waals surface area contributed by atoms with Crippen LogP contribution in [0.1, 0.15) is 43.2 Å². The molecule has 150 valence electrons. The minimum absolute atomic E-state index is 0.00366. The molecule has 3 heteroatoms. The van der Waals surface area contributed by atoms with E-state index in [9.17, 15) is 0 Å². The van der Waals surface area contributed by atoms with Crippen molar-refractivity contribution >= 4 is 27.5 Å². The zero-order valence-electron chi connectivity index (χ0n) is 18.5. The summed E-state index contributed by atoms with van der Waals surface area (Å²) in [5, 5.41) is 2.28. The number of hydrogen-bond donors (Lipinski definition) is 0. The maximum Gasteiger partial charge on any atom is 0.147 e. The van der Waals surface area contributed by atoms with Crippen LogP contribution >= 0.6 is 0 Å². The van der Waals surface area contributed by atoms with Crippen LogP contribution < -0.4 is 0 Å². The highest BCUT2D eigenvalue weighted by Gasteiger charge is 2.20. The maximum absolute atomic E-state index is 5.02. The molecular formula is C27H27N3. The van der Waals surface area contributed by atoms with Gasteiger partial charge in [0.05, 0.1) is 16.7 Å². The van der Waals surface area contributed by atoms with Crippen LogP contribution in [-0.4, -0.2) is 14.4 Å². The third kappa shape index (κ3) is 2.80. The summed E-state index contributed by atoms with van der Waals surface area (Å²) in [4.78, 5) is 9.82. The molecule has 0 fully saturated rings. The van der Waals surface area contributed by atoms with Crippen LogP contribution in [-0.2, 0) is 5.41 Å². The van der Waals surface area contributed by atoms with Crippen LogP contribution in [0.5, 0.6) is 0 Å². The Kier molecular flexibility index (Phi) is 4.01. The van der Waals surface area contributed by atoms with Crippen molar-refractivity contribution in [3.8, 4) is 11.3 Å². The Morgan fingerprint density at radius 3 is 2.27 bits per heavy atom. The molecule has 0 spiro atoms. The average molecular weight is 394 g/mol. The SMILES string of the molecule is Cc1cc(C)c(-c2cc3cc(C(C)(C)C)ncc3c3nc4ccccc4n23)c(C)c1. The summed E-state index contributed by atoms with van der Waals surface area (Å²) in [6.45, 7) is 13.2. The zero-order valence-corrected chi connectivity index (χ0v) is 18.5. The fourth-order valence-electron chi connectivity index (χ4n) is 4.62. The third-order valence-electron chi connectivity index (χ3n) is 5.97. The van der Waals surface area contributed by atoms with Gasteiger partial charge in [-0.15, -0.1) is 0 Å². The first-order chi connectivity index (χ1) is 14.2. The molecule has 0 amide bonds. The maximum atomic E-state index is 5.02. The number of imidazole rings is 1. The second-order valence-electron chi connectivity index (χ2n) is 9.47. The molecule has 5 rings (SSSR count). The normalized spacial score (nSPS) is 12.3. The monoisotopic (exact) mass is 393 g/mol. The average Bonchev–Trinajstić information content (AvgIpc) is 3.06. The molecule has 30 heavy (non-hydrogen) atoms. The van der Waals surface area contributed by atoms with Gasteiger partial charge in [0.15, 0.2) is 0 Å².